The second kappa shape index (κ2) is 16.2. The predicted molar refractivity (Wildman–Crippen MR) is 79.0 cm³/mol. The van der Waals surface area contributed by atoms with E-state index in [2.05, 4.69) is 19.2 Å². The zero-order chi connectivity index (χ0) is 12.1. The molecule has 2 N–H and O–H groups in total. The van der Waals surface area contributed by atoms with E-state index in [9.17, 15) is 0 Å². The Morgan fingerprint density at radius 3 is 1.94 bits per heavy atom. The monoisotopic (exact) mass is 265 g/mol. The lowest BCUT2D eigenvalue weighted by atomic mass is 10.0. The van der Waals surface area contributed by atoms with Crippen molar-refractivity contribution in [3.05, 3.63) is 0 Å². The molecule has 106 valence electrons. The molecule has 2 nitrogen and oxygen atoms in total. The van der Waals surface area contributed by atoms with Crippen molar-refractivity contribution < 1.29 is 5.11 Å². The Hall–Kier alpha value is 0.210. The van der Waals surface area contributed by atoms with Crippen LogP contribution >= 0.6 is 12.4 Å². The Bertz CT molecular complexity index is 133. The molecule has 0 radical (unpaired) electrons. The van der Waals surface area contributed by atoms with Crippen LogP contribution in [0, 0.1) is 0 Å². The number of halogens is 1. The zero-order valence-electron chi connectivity index (χ0n) is 11.7. The van der Waals surface area contributed by atoms with E-state index >= 15 is 0 Å². The lowest BCUT2D eigenvalue weighted by molar-refractivity contribution is 0.277. The Morgan fingerprint density at radius 1 is 0.882 bits per heavy atom. The summed E-state index contributed by atoms with van der Waals surface area (Å²) in [6.07, 6.45) is 11.9. The van der Waals surface area contributed by atoms with Crippen LogP contribution in [0.3, 0.4) is 0 Å². The molecule has 0 spiro atoms. The van der Waals surface area contributed by atoms with Gasteiger partial charge in [-0.3, -0.25) is 0 Å². The normalized spacial score (nSPS) is 12.2. The lowest BCUT2D eigenvalue weighted by Gasteiger charge is -2.18. The third-order valence-corrected chi connectivity index (χ3v) is 3.11. The molecule has 0 aliphatic heterocycles. The molecule has 0 fully saturated rings. The SMILES string of the molecule is CCCCCCC(CCCCC)NCCO.Cl. The third kappa shape index (κ3) is 14.1. The fraction of sp³-hybridized carbons (Fsp3) is 1.00. The zero-order valence-corrected chi connectivity index (χ0v) is 12.5. The van der Waals surface area contributed by atoms with Crippen molar-refractivity contribution in [3.63, 3.8) is 0 Å². The van der Waals surface area contributed by atoms with E-state index in [1.54, 1.807) is 0 Å². The van der Waals surface area contributed by atoms with Crippen LogP contribution in [0.4, 0.5) is 0 Å². The molecule has 0 saturated heterocycles. The number of hydrogen-bond donors (Lipinski definition) is 2. The quantitative estimate of drug-likeness (QED) is 0.525. The summed E-state index contributed by atoms with van der Waals surface area (Å²) in [6.45, 7) is 5.52. The molecule has 0 rings (SSSR count). The third-order valence-electron chi connectivity index (χ3n) is 3.11. The minimum atomic E-state index is 0. The van der Waals surface area contributed by atoms with Gasteiger partial charge >= 0.3 is 0 Å². The van der Waals surface area contributed by atoms with Gasteiger partial charge in [-0.25, -0.2) is 0 Å². The molecular formula is C14H32ClNO. The number of unbranched alkanes of at least 4 members (excludes halogenated alkanes) is 5. The van der Waals surface area contributed by atoms with E-state index in [4.69, 9.17) is 5.11 Å². The van der Waals surface area contributed by atoms with E-state index in [0.717, 1.165) is 6.54 Å². The van der Waals surface area contributed by atoms with E-state index in [1.165, 1.54) is 57.8 Å². The van der Waals surface area contributed by atoms with Crippen LogP contribution in [0.25, 0.3) is 0 Å². The Balaban J connectivity index is 0. The fourth-order valence-electron chi connectivity index (χ4n) is 2.08. The highest BCUT2D eigenvalue weighted by molar-refractivity contribution is 5.85. The summed E-state index contributed by atoms with van der Waals surface area (Å²) in [7, 11) is 0. The van der Waals surface area contributed by atoms with Crippen LogP contribution in [-0.2, 0) is 0 Å². The van der Waals surface area contributed by atoms with E-state index < -0.39 is 0 Å². The first-order valence-corrected chi connectivity index (χ1v) is 7.19. The first-order valence-electron chi connectivity index (χ1n) is 7.19. The van der Waals surface area contributed by atoms with Crippen LogP contribution in [0.5, 0.6) is 0 Å². The summed E-state index contributed by atoms with van der Waals surface area (Å²) in [4.78, 5) is 0. The minimum absolute atomic E-state index is 0. The Kier molecular flexibility index (Phi) is 18.6. The number of aliphatic hydroxyl groups is 1. The lowest BCUT2D eigenvalue weighted by Crippen LogP contribution is -2.31. The first-order chi connectivity index (χ1) is 7.85. The summed E-state index contributed by atoms with van der Waals surface area (Å²) in [5.41, 5.74) is 0. The molecule has 0 aromatic rings. The summed E-state index contributed by atoms with van der Waals surface area (Å²) >= 11 is 0. The molecule has 3 heteroatoms. The molecule has 0 saturated carbocycles. The van der Waals surface area contributed by atoms with Crippen molar-refractivity contribution in [2.75, 3.05) is 13.2 Å². The second-order valence-electron chi connectivity index (χ2n) is 4.72. The fourth-order valence-corrected chi connectivity index (χ4v) is 2.08. The maximum atomic E-state index is 8.83. The van der Waals surface area contributed by atoms with Crippen molar-refractivity contribution in [2.24, 2.45) is 0 Å². The molecule has 0 heterocycles. The van der Waals surface area contributed by atoms with Gasteiger partial charge in [-0.05, 0) is 12.8 Å². The summed E-state index contributed by atoms with van der Waals surface area (Å²) in [5, 5.41) is 12.3. The molecule has 0 aromatic carbocycles. The Labute approximate surface area is 114 Å². The minimum Gasteiger partial charge on any atom is -0.395 e. The number of nitrogens with one attached hydrogen (secondary N) is 1. The maximum Gasteiger partial charge on any atom is 0.0556 e. The number of aliphatic hydroxyl groups excluding tert-OH is 1. The van der Waals surface area contributed by atoms with Crippen molar-refractivity contribution in [1.82, 2.24) is 5.32 Å². The standard InChI is InChI=1S/C14H31NO.ClH/c1-3-5-7-9-11-14(15-12-13-16)10-8-6-4-2;/h14-16H,3-13H2,1-2H3;1H. The van der Waals surface area contributed by atoms with Crippen LogP contribution in [-0.4, -0.2) is 24.3 Å². The van der Waals surface area contributed by atoms with Gasteiger partial charge in [-0.15, -0.1) is 12.4 Å². The van der Waals surface area contributed by atoms with Gasteiger partial charge in [0.2, 0.25) is 0 Å². The van der Waals surface area contributed by atoms with Crippen LogP contribution in [0.15, 0.2) is 0 Å². The predicted octanol–water partition coefficient (Wildman–Crippen LogP) is 3.91. The molecule has 1 unspecified atom stereocenters. The number of hydrogen-bond acceptors (Lipinski definition) is 2. The largest absolute Gasteiger partial charge is 0.395 e. The van der Waals surface area contributed by atoms with Crippen molar-refractivity contribution >= 4 is 12.4 Å². The Morgan fingerprint density at radius 2 is 1.41 bits per heavy atom. The molecule has 0 aliphatic rings. The van der Waals surface area contributed by atoms with Crippen molar-refractivity contribution in [3.8, 4) is 0 Å². The molecule has 0 aromatic heterocycles. The van der Waals surface area contributed by atoms with Gasteiger partial charge in [0.25, 0.3) is 0 Å². The summed E-state index contributed by atoms with van der Waals surface area (Å²) < 4.78 is 0. The van der Waals surface area contributed by atoms with Gasteiger partial charge in [-0.2, -0.15) is 0 Å². The number of rotatable bonds is 12. The molecule has 0 bridgehead atoms. The van der Waals surface area contributed by atoms with Crippen LogP contribution in [0.2, 0.25) is 0 Å². The summed E-state index contributed by atoms with van der Waals surface area (Å²) in [6, 6.07) is 0.635. The highest BCUT2D eigenvalue weighted by Gasteiger charge is 2.06. The van der Waals surface area contributed by atoms with Gasteiger partial charge in [0.1, 0.15) is 0 Å². The summed E-state index contributed by atoms with van der Waals surface area (Å²) in [5.74, 6) is 0. The van der Waals surface area contributed by atoms with Gasteiger partial charge < -0.3 is 10.4 Å². The highest BCUT2D eigenvalue weighted by atomic mass is 35.5. The first kappa shape index (κ1) is 19.5. The average molecular weight is 266 g/mol. The van der Waals surface area contributed by atoms with Crippen LogP contribution in [0.1, 0.15) is 71.6 Å². The maximum absolute atomic E-state index is 8.83. The second-order valence-corrected chi connectivity index (χ2v) is 4.72. The molecular weight excluding hydrogens is 234 g/mol. The van der Waals surface area contributed by atoms with Gasteiger partial charge in [0, 0.05) is 12.6 Å². The van der Waals surface area contributed by atoms with Crippen molar-refractivity contribution in [2.45, 2.75) is 77.7 Å². The van der Waals surface area contributed by atoms with Crippen LogP contribution < -0.4 is 5.32 Å². The smallest absolute Gasteiger partial charge is 0.0556 e. The topological polar surface area (TPSA) is 32.3 Å². The van der Waals surface area contributed by atoms with E-state index in [0.29, 0.717) is 6.04 Å². The van der Waals surface area contributed by atoms with Gasteiger partial charge in [0.05, 0.1) is 6.61 Å². The average Bonchev–Trinajstić information content (AvgIpc) is 2.31. The van der Waals surface area contributed by atoms with E-state index in [1.807, 2.05) is 0 Å². The van der Waals surface area contributed by atoms with Gasteiger partial charge in [-0.1, -0.05) is 58.8 Å². The molecule has 1 atom stereocenters. The molecule has 17 heavy (non-hydrogen) atoms. The van der Waals surface area contributed by atoms with Crippen molar-refractivity contribution in [1.29, 1.82) is 0 Å². The van der Waals surface area contributed by atoms with E-state index in [-0.39, 0.29) is 19.0 Å². The highest BCUT2D eigenvalue weighted by Crippen LogP contribution is 2.11. The molecule has 0 aliphatic carbocycles. The van der Waals surface area contributed by atoms with Gasteiger partial charge in [0.15, 0.2) is 0 Å². The molecule has 0 amide bonds.